The second-order valence-electron chi connectivity index (χ2n) is 7.44. The first-order valence-electron chi connectivity index (χ1n) is 9.61. The number of fused-ring (bicyclic) bond motifs is 1. The molecule has 2 fully saturated rings. The number of nitrogens with zero attached hydrogens (tertiary/aromatic N) is 5. The van der Waals surface area contributed by atoms with Crippen LogP contribution in [0.15, 0.2) is 18.5 Å². The highest BCUT2D eigenvalue weighted by atomic mass is 16.5. The van der Waals surface area contributed by atoms with Crippen LogP contribution in [0, 0.1) is 11.8 Å². The molecule has 0 aliphatic heterocycles. The molecule has 3 aromatic heterocycles. The van der Waals surface area contributed by atoms with Crippen LogP contribution >= 0.6 is 0 Å². The Labute approximate surface area is 162 Å². The molecule has 0 radical (unpaired) electrons. The van der Waals surface area contributed by atoms with Gasteiger partial charge in [0.05, 0.1) is 26.9 Å². The Bertz CT molecular complexity index is 1010. The highest BCUT2D eigenvalue weighted by molar-refractivity contribution is 5.89. The lowest BCUT2D eigenvalue weighted by molar-refractivity contribution is 0.310. The maximum Gasteiger partial charge on any atom is 0.298 e. The lowest BCUT2D eigenvalue weighted by Gasteiger charge is -2.19. The van der Waals surface area contributed by atoms with Gasteiger partial charge in [0.25, 0.3) is 6.01 Å². The topological polar surface area (TPSA) is 84.2 Å². The van der Waals surface area contributed by atoms with E-state index in [0.29, 0.717) is 46.9 Å². The van der Waals surface area contributed by atoms with Crippen LogP contribution in [0.4, 0.5) is 0 Å². The first kappa shape index (κ1) is 17.2. The average molecular weight is 381 g/mol. The second-order valence-corrected chi connectivity index (χ2v) is 7.44. The van der Waals surface area contributed by atoms with Crippen molar-refractivity contribution in [1.29, 1.82) is 0 Å². The average Bonchev–Trinajstić information content (AvgIpc) is 3.66. The Kier molecular flexibility index (Phi) is 4.07. The lowest BCUT2D eigenvalue weighted by atomic mass is 10.1. The van der Waals surface area contributed by atoms with Gasteiger partial charge < -0.3 is 14.2 Å². The van der Waals surface area contributed by atoms with E-state index in [9.17, 15) is 0 Å². The van der Waals surface area contributed by atoms with E-state index < -0.39 is 0 Å². The molecule has 8 nitrogen and oxygen atoms in total. The van der Waals surface area contributed by atoms with Gasteiger partial charge in [-0.2, -0.15) is 9.97 Å². The molecule has 0 aromatic carbocycles. The number of imidazole rings is 1. The minimum absolute atomic E-state index is 0.401. The van der Waals surface area contributed by atoms with Crippen LogP contribution in [-0.2, 0) is 0 Å². The second kappa shape index (κ2) is 6.61. The summed E-state index contributed by atoms with van der Waals surface area (Å²) in [5.41, 5.74) is 2.94. The smallest absolute Gasteiger partial charge is 0.298 e. The predicted molar refractivity (Wildman–Crippen MR) is 103 cm³/mol. The summed E-state index contributed by atoms with van der Waals surface area (Å²) in [5, 5.41) is 0. The van der Waals surface area contributed by atoms with Crippen molar-refractivity contribution < 1.29 is 14.2 Å². The molecule has 2 aliphatic carbocycles. The molecule has 3 aromatic rings. The van der Waals surface area contributed by atoms with Gasteiger partial charge >= 0.3 is 0 Å². The molecule has 0 atom stereocenters. The van der Waals surface area contributed by atoms with Gasteiger partial charge in [-0.15, -0.1) is 0 Å². The fraction of sp³-hybridized carbons (Fsp3) is 0.500. The fourth-order valence-corrected chi connectivity index (χ4v) is 4.05. The SMILES string of the molecule is COc1ccc(-c2ncnc3c2nc(OC)n3C(C2CC2)C2CC2)c(OC)n1. The number of rotatable bonds is 7. The van der Waals surface area contributed by atoms with E-state index in [0.717, 1.165) is 11.2 Å². The zero-order valence-electron chi connectivity index (χ0n) is 16.3. The van der Waals surface area contributed by atoms with Crippen molar-refractivity contribution in [2.45, 2.75) is 31.7 Å². The summed E-state index contributed by atoms with van der Waals surface area (Å²) < 4.78 is 18.6. The number of aromatic nitrogens is 5. The molecule has 0 amide bonds. The zero-order chi connectivity index (χ0) is 19.3. The number of pyridine rings is 1. The van der Waals surface area contributed by atoms with E-state index in [-0.39, 0.29) is 0 Å². The summed E-state index contributed by atoms with van der Waals surface area (Å²) in [5.74, 6) is 2.30. The van der Waals surface area contributed by atoms with Gasteiger partial charge in [-0.3, -0.25) is 4.57 Å². The van der Waals surface area contributed by atoms with E-state index in [1.165, 1.54) is 25.7 Å². The van der Waals surface area contributed by atoms with E-state index >= 15 is 0 Å². The minimum atomic E-state index is 0.401. The highest BCUT2D eigenvalue weighted by Crippen LogP contribution is 2.54. The number of hydrogen-bond acceptors (Lipinski definition) is 7. The summed E-state index contributed by atoms with van der Waals surface area (Å²) in [6, 6.07) is 4.67. The van der Waals surface area contributed by atoms with Crippen molar-refractivity contribution in [3.63, 3.8) is 0 Å². The van der Waals surface area contributed by atoms with Crippen LogP contribution in [0.5, 0.6) is 17.8 Å². The molecule has 2 saturated carbocycles. The van der Waals surface area contributed by atoms with Crippen molar-refractivity contribution in [3.05, 3.63) is 18.5 Å². The van der Waals surface area contributed by atoms with Gasteiger partial charge in [-0.05, 0) is 43.6 Å². The van der Waals surface area contributed by atoms with E-state index in [4.69, 9.17) is 19.2 Å². The molecule has 146 valence electrons. The normalized spacial score (nSPS) is 16.6. The van der Waals surface area contributed by atoms with Crippen LogP contribution in [0.3, 0.4) is 0 Å². The molecule has 2 aliphatic rings. The van der Waals surface area contributed by atoms with Crippen LogP contribution in [0.2, 0.25) is 0 Å². The first-order valence-corrected chi connectivity index (χ1v) is 9.61. The Morgan fingerprint density at radius 3 is 2.29 bits per heavy atom. The predicted octanol–water partition coefficient (Wildman–Crippen LogP) is 3.28. The third kappa shape index (κ3) is 2.75. The number of hydrogen-bond donors (Lipinski definition) is 0. The van der Waals surface area contributed by atoms with E-state index in [1.807, 2.05) is 6.07 Å². The molecule has 3 heterocycles. The van der Waals surface area contributed by atoms with Gasteiger partial charge in [0.15, 0.2) is 5.65 Å². The van der Waals surface area contributed by atoms with Gasteiger partial charge in [0.1, 0.15) is 17.5 Å². The van der Waals surface area contributed by atoms with Gasteiger partial charge in [0.2, 0.25) is 11.8 Å². The molecule has 8 heteroatoms. The maximum atomic E-state index is 5.67. The Hall–Kier alpha value is -2.90. The number of methoxy groups -OCH3 is 3. The van der Waals surface area contributed by atoms with Gasteiger partial charge in [0, 0.05) is 12.1 Å². The van der Waals surface area contributed by atoms with Crippen LogP contribution in [0.1, 0.15) is 31.7 Å². The lowest BCUT2D eigenvalue weighted by Crippen LogP contribution is -2.15. The van der Waals surface area contributed by atoms with Gasteiger partial charge in [-0.1, -0.05) is 0 Å². The third-order valence-electron chi connectivity index (χ3n) is 5.63. The summed E-state index contributed by atoms with van der Waals surface area (Å²) in [4.78, 5) is 18.2. The maximum absolute atomic E-state index is 5.67. The molecule has 0 spiro atoms. The monoisotopic (exact) mass is 381 g/mol. The Balaban J connectivity index is 1.70. The highest BCUT2D eigenvalue weighted by Gasteiger charge is 2.44. The van der Waals surface area contributed by atoms with E-state index in [2.05, 4.69) is 19.5 Å². The summed E-state index contributed by atoms with van der Waals surface area (Å²) in [6.45, 7) is 0. The molecule has 0 N–H and O–H groups in total. The van der Waals surface area contributed by atoms with E-state index in [1.54, 1.807) is 33.7 Å². The molecule has 0 saturated heterocycles. The standard InChI is InChI=1S/C20H23N5O3/c1-26-14-9-8-13(19(23-14)27-2)15-16-18(22-10-21-15)25(20(24-16)28-3)17(11-4-5-11)12-6-7-12/h8-12,17H,4-7H2,1-3H3. The van der Waals surface area contributed by atoms with Crippen molar-refractivity contribution in [2.24, 2.45) is 11.8 Å². The van der Waals surface area contributed by atoms with Crippen molar-refractivity contribution in [3.8, 4) is 29.0 Å². The molecule has 28 heavy (non-hydrogen) atoms. The molecule has 0 unspecified atom stereocenters. The quantitative estimate of drug-likeness (QED) is 0.621. The largest absolute Gasteiger partial charge is 0.481 e. The van der Waals surface area contributed by atoms with Crippen LogP contribution in [-0.4, -0.2) is 45.8 Å². The van der Waals surface area contributed by atoms with Gasteiger partial charge in [-0.25, -0.2) is 9.97 Å². The molecular formula is C20H23N5O3. The van der Waals surface area contributed by atoms with Crippen molar-refractivity contribution in [2.75, 3.05) is 21.3 Å². The molecule has 5 rings (SSSR count). The summed E-state index contributed by atoms with van der Waals surface area (Å²) in [7, 11) is 4.82. The Morgan fingerprint density at radius 2 is 1.68 bits per heavy atom. The summed E-state index contributed by atoms with van der Waals surface area (Å²) in [6.07, 6.45) is 6.63. The first-order chi connectivity index (χ1) is 13.7. The fourth-order valence-electron chi connectivity index (χ4n) is 4.05. The van der Waals surface area contributed by atoms with Crippen LogP contribution in [0.25, 0.3) is 22.4 Å². The molecular weight excluding hydrogens is 358 g/mol. The van der Waals surface area contributed by atoms with Crippen molar-refractivity contribution in [1.82, 2.24) is 24.5 Å². The number of ether oxygens (including phenoxy) is 3. The minimum Gasteiger partial charge on any atom is -0.481 e. The third-order valence-corrected chi connectivity index (χ3v) is 5.63. The molecule has 0 bridgehead atoms. The summed E-state index contributed by atoms with van der Waals surface area (Å²) >= 11 is 0. The van der Waals surface area contributed by atoms with Crippen LogP contribution < -0.4 is 14.2 Å². The Morgan fingerprint density at radius 1 is 0.929 bits per heavy atom. The van der Waals surface area contributed by atoms with Crippen molar-refractivity contribution >= 4 is 11.2 Å². The zero-order valence-corrected chi connectivity index (χ0v) is 16.3.